The normalized spacial score (nSPS) is 22.5. The van der Waals surface area contributed by atoms with Crippen LogP contribution in [0.25, 0.3) is 0 Å². The van der Waals surface area contributed by atoms with Crippen LogP contribution in [0.2, 0.25) is 0 Å². The Kier molecular flexibility index (Phi) is 3.07. The second-order valence-electron chi connectivity index (χ2n) is 6.33. The van der Waals surface area contributed by atoms with Crippen LogP contribution in [0, 0.1) is 20.0 Å². The topological polar surface area (TPSA) is 28.2 Å². The van der Waals surface area contributed by atoms with Crippen LogP contribution in [0.4, 0.5) is 0 Å². The Morgan fingerprint density at radius 1 is 0.583 bits per heavy atom. The molecule has 123 valence electrons. The van der Waals surface area contributed by atoms with Gasteiger partial charge in [-0.15, -0.1) is 0 Å². The van der Waals surface area contributed by atoms with Crippen LogP contribution < -0.4 is 4.57 Å². The molecular formula is C16H20N8+. The number of hydrogen-bond acceptors (Lipinski definition) is 6. The molecule has 8 bridgehead atoms. The Hall–Kier alpha value is -2.77. The summed E-state index contributed by atoms with van der Waals surface area (Å²) in [5.74, 6) is 0. The molecule has 5 rings (SSSR count). The molecule has 0 atom stereocenters. The molecule has 5 heterocycles. The fraction of sp³-hybridized carbons (Fsp3) is 0.250. The number of rotatable bonds is 0. The zero-order valence-electron chi connectivity index (χ0n) is 13.3. The molecule has 0 saturated heterocycles. The minimum absolute atomic E-state index is 0.803. The third-order valence-electron chi connectivity index (χ3n) is 4.29. The Morgan fingerprint density at radius 3 is 1.71 bits per heavy atom. The van der Waals surface area contributed by atoms with E-state index >= 15 is 0 Å². The summed E-state index contributed by atoms with van der Waals surface area (Å²) < 4.78 is 4.36. The minimum atomic E-state index is 0.803. The summed E-state index contributed by atoms with van der Waals surface area (Å²) in [5.41, 5.74) is 0. The van der Waals surface area contributed by atoms with Gasteiger partial charge >= 0.3 is 0 Å². The van der Waals surface area contributed by atoms with Crippen molar-refractivity contribution in [3.63, 3.8) is 0 Å². The molecule has 0 N–H and O–H groups in total. The van der Waals surface area contributed by atoms with E-state index in [2.05, 4.69) is 114 Å². The highest BCUT2D eigenvalue weighted by Crippen LogP contribution is 2.19. The Bertz CT molecular complexity index is 638. The van der Waals surface area contributed by atoms with Gasteiger partial charge in [0.15, 0.2) is 13.3 Å². The van der Waals surface area contributed by atoms with E-state index in [0.717, 1.165) is 26.7 Å². The molecule has 0 spiro atoms. The van der Waals surface area contributed by atoms with Crippen LogP contribution in [-0.2, 0) is 13.3 Å². The molecule has 8 heteroatoms. The molecule has 0 unspecified atom stereocenters. The highest BCUT2D eigenvalue weighted by molar-refractivity contribution is 5.03. The third-order valence-corrected chi connectivity index (χ3v) is 4.29. The van der Waals surface area contributed by atoms with E-state index in [9.17, 15) is 0 Å². The maximum atomic E-state index is 2.18. The summed E-state index contributed by atoms with van der Waals surface area (Å²) in [6.45, 7) is 9.61. The van der Waals surface area contributed by atoms with Gasteiger partial charge in [-0.1, -0.05) is 0 Å². The van der Waals surface area contributed by atoms with Crippen LogP contribution in [0.15, 0.2) is 55.9 Å². The molecule has 1 aromatic rings. The number of aromatic nitrogens is 2. The summed E-state index contributed by atoms with van der Waals surface area (Å²) in [6, 6.07) is 0. The first-order valence-corrected chi connectivity index (χ1v) is 7.99. The van der Waals surface area contributed by atoms with Gasteiger partial charge in [-0.05, 0) is 0 Å². The van der Waals surface area contributed by atoms with Crippen LogP contribution >= 0.6 is 0 Å². The number of nitrogens with zero attached hydrogens (tertiary/aromatic N) is 8. The first kappa shape index (κ1) is 13.6. The predicted molar refractivity (Wildman–Crippen MR) is 85.7 cm³/mol. The summed E-state index contributed by atoms with van der Waals surface area (Å²) in [5, 5.41) is 0. The lowest BCUT2D eigenvalue weighted by Gasteiger charge is -2.28. The Labute approximate surface area is 141 Å². The molecule has 8 nitrogen and oxygen atoms in total. The van der Waals surface area contributed by atoms with Crippen molar-refractivity contribution in [1.82, 2.24) is 34.0 Å². The van der Waals surface area contributed by atoms with E-state index in [-0.39, 0.29) is 0 Å². The first-order chi connectivity index (χ1) is 11.8. The molecule has 0 aliphatic carbocycles. The van der Waals surface area contributed by atoms with E-state index in [4.69, 9.17) is 0 Å². The van der Waals surface area contributed by atoms with Gasteiger partial charge in [-0.2, -0.15) is 0 Å². The maximum Gasteiger partial charge on any atom is 0.246 e. The van der Waals surface area contributed by atoms with Crippen molar-refractivity contribution in [3.8, 4) is 0 Å². The SMILES string of the molecule is [CH]1N2C=CN1CN1[CH]N(C=C1)C[n+]1ccn(c1)CN1[CH]N(C=C1)C2. The van der Waals surface area contributed by atoms with Crippen molar-refractivity contribution in [2.45, 2.75) is 13.3 Å². The lowest BCUT2D eigenvalue weighted by atomic mass is 10.7. The second kappa shape index (κ2) is 5.40. The summed E-state index contributed by atoms with van der Waals surface area (Å²) in [4.78, 5) is 13.1. The Balaban J connectivity index is 1.36. The van der Waals surface area contributed by atoms with E-state index in [0.29, 0.717) is 0 Å². The Morgan fingerprint density at radius 2 is 1.08 bits per heavy atom. The first-order valence-electron chi connectivity index (χ1n) is 7.99. The third kappa shape index (κ3) is 2.64. The molecule has 0 aromatic carbocycles. The van der Waals surface area contributed by atoms with Gasteiger partial charge in [0.1, 0.15) is 32.4 Å². The molecule has 24 heavy (non-hydrogen) atoms. The van der Waals surface area contributed by atoms with Gasteiger partial charge in [0.05, 0.1) is 13.3 Å². The highest BCUT2D eigenvalue weighted by Gasteiger charge is 2.23. The largest absolute Gasteiger partial charge is 0.335 e. The fourth-order valence-electron chi connectivity index (χ4n) is 3.18. The van der Waals surface area contributed by atoms with E-state index < -0.39 is 0 Å². The zero-order chi connectivity index (χ0) is 15.9. The molecule has 0 saturated carbocycles. The van der Waals surface area contributed by atoms with Crippen molar-refractivity contribution < 1.29 is 4.57 Å². The summed E-state index contributed by atoms with van der Waals surface area (Å²) >= 11 is 0. The lowest BCUT2D eigenvalue weighted by molar-refractivity contribution is -0.712. The molecule has 3 radical (unpaired) electrons. The van der Waals surface area contributed by atoms with Crippen molar-refractivity contribution in [1.29, 1.82) is 0 Å². The number of imidazole rings is 1. The van der Waals surface area contributed by atoms with E-state index in [1.807, 2.05) is 0 Å². The minimum Gasteiger partial charge on any atom is -0.335 e. The van der Waals surface area contributed by atoms with Crippen LogP contribution in [0.1, 0.15) is 0 Å². The van der Waals surface area contributed by atoms with Crippen molar-refractivity contribution in [2.75, 3.05) is 13.3 Å². The van der Waals surface area contributed by atoms with E-state index in [1.165, 1.54) is 0 Å². The maximum absolute atomic E-state index is 2.18. The molecule has 1 aromatic heterocycles. The van der Waals surface area contributed by atoms with Gasteiger partial charge < -0.3 is 29.4 Å². The smallest absolute Gasteiger partial charge is 0.246 e. The zero-order valence-corrected chi connectivity index (χ0v) is 13.3. The molecule has 4 aliphatic heterocycles. The average Bonchev–Trinajstić information content (AvgIpc) is 3.32. The van der Waals surface area contributed by atoms with Crippen LogP contribution in [0.3, 0.4) is 0 Å². The standard InChI is InChI=1S/C16H20N8/c1-2-18-9-17(1)13-19-3-4-21(10-19)15-23-7-8-24(12-23)16-22-6-5-20(11-22)14-18/h1-12H,13-16H2/q+1. The van der Waals surface area contributed by atoms with Crippen molar-refractivity contribution in [3.05, 3.63) is 75.9 Å². The summed E-state index contributed by atoms with van der Waals surface area (Å²) in [6.07, 6.45) is 19.0. The summed E-state index contributed by atoms with van der Waals surface area (Å²) in [7, 11) is 0. The van der Waals surface area contributed by atoms with E-state index in [1.54, 1.807) is 0 Å². The van der Waals surface area contributed by atoms with Crippen LogP contribution in [0.5, 0.6) is 0 Å². The number of fused-ring (bicyclic) bond motifs is 8. The lowest BCUT2D eigenvalue weighted by Crippen LogP contribution is -2.40. The molecule has 4 aliphatic rings. The molecule has 0 fully saturated rings. The van der Waals surface area contributed by atoms with Gasteiger partial charge in [0.2, 0.25) is 6.33 Å². The van der Waals surface area contributed by atoms with Crippen molar-refractivity contribution >= 4 is 0 Å². The van der Waals surface area contributed by atoms with Crippen LogP contribution in [-0.4, -0.2) is 47.3 Å². The molecule has 0 amide bonds. The number of hydrogen-bond donors (Lipinski definition) is 0. The predicted octanol–water partition coefficient (Wildman–Crippen LogP) is 0.243. The van der Waals surface area contributed by atoms with Gasteiger partial charge in [0, 0.05) is 37.2 Å². The van der Waals surface area contributed by atoms with Gasteiger partial charge in [0.25, 0.3) is 0 Å². The van der Waals surface area contributed by atoms with Crippen molar-refractivity contribution in [2.24, 2.45) is 0 Å². The quantitative estimate of drug-likeness (QED) is 0.635. The molecular weight excluding hydrogens is 304 g/mol. The highest BCUT2D eigenvalue weighted by atomic mass is 15.5. The fourth-order valence-corrected chi connectivity index (χ4v) is 3.18. The monoisotopic (exact) mass is 324 g/mol. The van der Waals surface area contributed by atoms with Gasteiger partial charge in [-0.25, -0.2) is 9.13 Å². The average molecular weight is 324 g/mol. The van der Waals surface area contributed by atoms with Gasteiger partial charge in [-0.3, -0.25) is 0 Å². The second-order valence-corrected chi connectivity index (χ2v) is 6.33.